The first-order valence-electron chi connectivity index (χ1n) is 6.73. The van der Waals surface area contributed by atoms with Gasteiger partial charge in [-0.05, 0) is 30.5 Å². The monoisotopic (exact) mass is 266 g/mol. The molecule has 1 rings (SSSR count). The van der Waals surface area contributed by atoms with E-state index in [0.717, 1.165) is 18.4 Å². The lowest BCUT2D eigenvalue weighted by Gasteiger charge is -2.10. The predicted molar refractivity (Wildman–Crippen MR) is 73.1 cm³/mol. The molecule has 0 aliphatic rings. The van der Waals surface area contributed by atoms with Gasteiger partial charge in [0, 0.05) is 0 Å². The molecule has 1 N–H and O–H groups in total. The molecule has 0 aliphatic carbocycles. The van der Waals surface area contributed by atoms with Crippen molar-refractivity contribution < 1.29 is 19.4 Å². The maximum absolute atomic E-state index is 11.3. The molecular formula is C15H22O4. The zero-order chi connectivity index (χ0) is 14.1. The van der Waals surface area contributed by atoms with Gasteiger partial charge >= 0.3 is 5.97 Å². The molecule has 1 atom stereocenters. The second-order valence-corrected chi connectivity index (χ2v) is 4.36. The van der Waals surface area contributed by atoms with Crippen LogP contribution in [0.5, 0.6) is 5.75 Å². The van der Waals surface area contributed by atoms with Gasteiger partial charge in [-0.1, -0.05) is 32.4 Å². The average Bonchev–Trinajstić information content (AvgIpc) is 2.45. The number of hydrogen-bond donors (Lipinski definition) is 1. The van der Waals surface area contributed by atoms with Crippen molar-refractivity contribution in [3.05, 3.63) is 29.8 Å². The standard InChI is InChI=1S/C15H22O4/c1-3-5-10-18-15(17)11-19-13-8-6-12(7-9-13)14(16)4-2/h6-9,14,16H,3-5,10-11H2,1-2H3/t14-/m1/s1. The first-order chi connectivity index (χ1) is 9.17. The Morgan fingerprint density at radius 1 is 1.26 bits per heavy atom. The lowest BCUT2D eigenvalue weighted by Crippen LogP contribution is -2.15. The topological polar surface area (TPSA) is 55.8 Å². The van der Waals surface area contributed by atoms with Crippen molar-refractivity contribution in [1.29, 1.82) is 0 Å². The largest absolute Gasteiger partial charge is 0.482 e. The van der Waals surface area contributed by atoms with Crippen LogP contribution in [0.3, 0.4) is 0 Å². The number of ether oxygens (including phenoxy) is 2. The maximum atomic E-state index is 11.3. The van der Waals surface area contributed by atoms with Crippen molar-refractivity contribution in [2.75, 3.05) is 13.2 Å². The van der Waals surface area contributed by atoms with E-state index in [1.54, 1.807) is 24.3 Å². The summed E-state index contributed by atoms with van der Waals surface area (Å²) in [5, 5.41) is 9.64. The highest BCUT2D eigenvalue weighted by Crippen LogP contribution is 2.19. The first-order valence-corrected chi connectivity index (χ1v) is 6.73. The van der Waals surface area contributed by atoms with Crippen molar-refractivity contribution in [2.24, 2.45) is 0 Å². The third kappa shape index (κ3) is 5.75. The third-order valence-electron chi connectivity index (χ3n) is 2.77. The summed E-state index contributed by atoms with van der Waals surface area (Å²) in [7, 11) is 0. The molecule has 0 aliphatic heterocycles. The van der Waals surface area contributed by atoms with E-state index in [-0.39, 0.29) is 12.6 Å². The fourth-order valence-corrected chi connectivity index (χ4v) is 1.54. The zero-order valence-electron chi connectivity index (χ0n) is 11.6. The lowest BCUT2D eigenvalue weighted by molar-refractivity contribution is -0.146. The van der Waals surface area contributed by atoms with E-state index in [0.29, 0.717) is 18.8 Å². The Bertz CT molecular complexity index is 372. The molecule has 0 unspecified atom stereocenters. The van der Waals surface area contributed by atoms with Gasteiger partial charge < -0.3 is 14.6 Å². The Kier molecular flexibility index (Phi) is 6.97. The molecule has 0 radical (unpaired) electrons. The number of rotatable bonds is 8. The molecule has 0 fully saturated rings. The van der Waals surface area contributed by atoms with Gasteiger partial charge in [0.15, 0.2) is 6.61 Å². The van der Waals surface area contributed by atoms with Gasteiger partial charge in [-0.2, -0.15) is 0 Å². The first kappa shape index (κ1) is 15.5. The summed E-state index contributed by atoms with van der Waals surface area (Å²) >= 11 is 0. The molecule has 19 heavy (non-hydrogen) atoms. The van der Waals surface area contributed by atoms with Crippen molar-refractivity contribution in [1.82, 2.24) is 0 Å². The minimum atomic E-state index is -0.451. The molecule has 106 valence electrons. The molecule has 0 heterocycles. The molecule has 4 heteroatoms. The Morgan fingerprint density at radius 2 is 1.95 bits per heavy atom. The van der Waals surface area contributed by atoms with Crippen LogP contribution in [0.15, 0.2) is 24.3 Å². The third-order valence-corrected chi connectivity index (χ3v) is 2.77. The highest BCUT2D eigenvalue weighted by atomic mass is 16.6. The molecule has 0 saturated heterocycles. The molecular weight excluding hydrogens is 244 g/mol. The number of esters is 1. The minimum absolute atomic E-state index is 0.0839. The van der Waals surface area contributed by atoms with Crippen LogP contribution in [0.4, 0.5) is 0 Å². The van der Waals surface area contributed by atoms with Crippen LogP contribution in [0.2, 0.25) is 0 Å². The molecule has 0 saturated carbocycles. The summed E-state index contributed by atoms with van der Waals surface area (Å²) in [6.07, 6.45) is 2.09. The quantitative estimate of drug-likeness (QED) is 0.580. The highest BCUT2D eigenvalue weighted by molar-refractivity contribution is 5.71. The van der Waals surface area contributed by atoms with Gasteiger partial charge in [-0.15, -0.1) is 0 Å². The van der Waals surface area contributed by atoms with Crippen LogP contribution in [-0.2, 0) is 9.53 Å². The van der Waals surface area contributed by atoms with Crippen LogP contribution in [0, 0.1) is 0 Å². The number of carbonyl (C=O) groups excluding carboxylic acids is 1. The Morgan fingerprint density at radius 3 is 2.53 bits per heavy atom. The van der Waals surface area contributed by atoms with E-state index in [1.165, 1.54) is 0 Å². The fraction of sp³-hybridized carbons (Fsp3) is 0.533. The Balaban J connectivity index is 2.35. The number of aliphatic hydroxyl groups excluding tert-OH is 1. The Labute approximate surface area is 114 Å². The SMILES string of the molecule is CCCCOC(=O)COc1ccc([C@H](O)CC)cc1. The van der Waals surface area contributed by atoms with Gasteiger partial charge in [-0.3, -0.25) is 0 Å². The summed E-state index contributed by atoms with van der Waals surface area (Å²) in [5.41, 5.74) is 0.848. The Hall–Kier alpha value is -1.55. The van der Waals surface area contributed by atoms with Gasteiger partial charge in [0.25, 0.3) is 0 Å². The molecule has 0 aromatic heterocycles. The van der Waals surface area contributed by atoms with Crippen molar-refractivity contribution in [3.8, 4) is 5.75 Å². The lowest BCUT2D eigenvalue weighted by atomic mass is 10.1. The normalized spacial score (nSPS) is 11.9. The predicted octanol–water partition coefficient (Wildman–Crippen LogP) is 2.85. The summed E-state index contributed by atoms with van der Waals surface area (Å²) in [6, 6.07) is 7.08. The van der Waals surface area contributed by atoms with Gasteiger partial charge in [0.1, 0.15) is 5.75 Å². The average molecular weight is 266 g/mol. The van der Waals surface area contributed by atoms with Gasteiger partial charge in [-0.25, -0.2) is 4.79 Å². The van der Waals surface area contributed by atoms with Crippen LogP contribution >= 0.6 is 0 Å². The zero-order valence-corrected chi connectivity index (χ0v) is 11.6. The van der Waals surface area contributed by atoms with E-state index >= 15 is 0 Å². The summed E-state index contributed by atoms with van der Waals surface area (Å²) in [4.78, 5) is 11.3. The van der Waals surface area contributed by atoms with Crippen LogP contribution < -0.4 is 4.74 Å². The second-order valence-electron chi connectivity index (χ2n) is 4.36. The molecule has 1 aromatic carbocycles. The van der Waals surface area contributed by atoms with Crippen molar-refractivity contribution >= 4 is 5.97 Å². The van der Waals surface area contributed by atoms with Crippen molar-refractivity contribution in [2.45, 2.75) is 39.2 Å². The molecule has 0 amide bonds. The molecule has 0 bridgehead atoms. The molecule has 1 aromatic rings. The smallest absolute Gasteiger partial charge is 0.344 e. The van der Waals surface area contributed by atoms with E-state index in [2.05, 4.69) is 0 Å². The second kappa shape index (κ2) is 8.53. The molecule has 0 spiro atoms. The van der Waals surface area contributed by atoms with E-state index in [9.17, 15) is 9.90 Å². The highest BCUT2D eigenvalue weighted by Gasteiger charge is 2.06. The van der Waals surface area contributed by atoms with E-state index in [4.69, 9.17) is 9.47 Å². The van der Waals surface area contributed by atoms with Gasteiger partial charge in [0.05, 0.1) is 12.7 Å². The number of hydrogen-bond acceptors (Lipinski definition) is 4. The fourth-order valence-electron chi connectivity index (χ4n) is 1.54. The summed E-state index contributed by atoms with van der Waals surface area (Å²) < 4.78 is 10.3. The van der Waals surface area contributed by atoms with E-state index < -0.39 is 6.10 Å². The van der Waals surface area contributed by atoms with Crippen LogP contribution in [0.1, 0.15) is 44.8 Å². The molecule has 4 nitrogen and oxygen atoms in total. The number of benzene rings is 1. The van der Waals surface area contributed by atoms with Crippen LogP contribution in [0.25, 0.3) is 0 Å². The summed E-state index contributed by atoms with van der Waals surface area (Å²) in [5.74, 6) is 0.241. The van der Waals surface area contributed by atoms with E-state index in [1.807, 2.05) is 13.8 Å². The summed E-state index contributed by atoms with van der Waals surface area (Å²) in [6.45, 7) is 4.32. The number of aliphatic hydroxyl groups is 1. The minimum Gasteiger partial charge on any atom is -0.482 e. The number of carbonyl (C=O) groups is 1. The number of unbranched alkanes of at least 4 members (excludes halogenated alkanes) is 1. The van der Waals surface area contributed by atoms with Crippen LogP contribution in [-0.4, -0.2) is 24.3 Å². The van der Waals surface area contributed by atoms with Crippen molar-refractivity contribution in [3.63, 3.8) is 0 Å². The van der Waals surface area contributed by atoms with Gasteiger partial charge in [0.2, 0.25) is 0 Å². The maximum Gasteiger partial charge on any atom is 0.344 e.